The molecule has 1 amide bonds. The van der Waals surface area contributed by atoms with Crippen LogP contribution in [0.2, 0.25) is 0 Å². The number of carbonyl (C=O) groups excluding carboxylic acids is 1. The van der Waals surface area contributed by atoms with Crippen molar-refractivity contribution in [2.24, 2.45) is 0 Å². The van der Waals surface area contributed by atoms with E-state index >= 15 is 0 Å². The van der Waals surface area contributed by atoms with E-state index in [1.54, 1.807) is 5.51 Å². The van der Waals surface area contributed by atoms with Crippen LogP contribution >= 0.6 is 23.1 Å². The van der Waals surface area contributed by atoms with Gasteiger partial charge in [-0.2, -0.15) is 0 Å². The number of carbonyl (C=O) groups is 1. The molecule has 0 fully saturated rings. The highest BCUT2D eigenvalue weighted by atomic mass is 32.2. The summed E-state index contributed by atoms with van der Waals surface area (Å²) in [5.74, 6) is 0.00291. The van der Waals surface area contributed by atoms with Crippen molar-refractivity contribution < 1.29 is 4.79 Å². The summed E-state index contributed by atoms with van der Waals surface area (Å²) < 4.78 is 0.821. The van der Waals surface area contributed by atoms with Crippen LogP contribution in [0.15, 0.2) is 28.0 Å². The molecule has 2 aromatic rings. The van der Waals surface area contributed by atoms with Gasteiger partial charge < -0.3 is 5.32 Å². The summed E-state index contributed by atoms with van der Waals surface area (Å²) in [6, 6.07) is 6.22. The fourth-order valence-electron chi connectivity index (χ4n) is 2.31. The third kappa shape index (κ3) is 3.02. The van der Waals surface area contributed by atoms with Gasteiger partial charge in [-0.1, -0.05) is 29.2 Å². The minimum Gasteiger partial charge on any atom is -0.325 e. The minimum atomic E-state index is -0.184. The largest absolute Gasteiger partial charge is 0.325 e. The smallest absolute Gasteiger partial charge is 0.237 e. The summed E-state index contributed by atoms with van der Waals surface area (Å²) in [7, 11) is 0. The second kappa shape index (κ2) is 5.93. The van der Waals surface area contributed by atoms with Crippen molar-refractivity contribution >= 4 is 34.7 Å². The lowest BCUT2D eigenvalue weighted by Crippen LogP contribution is -2.22. The third-order valence-corrected chi connectivity index (χ3v) is 5.26. The maximum absolute atomic E-state index is 12.2. The number of anilines is 1. The van der Waals surface area contributed by atoms with Crippen LogP contribution in [-0.2, 0) is 17.6 Å². The van der Waals surface area contributed by atoms with Crippen LogP contribution in [0.1, 0.15) is 24.5 Å². The maximum Gasteiger partial charge on any atom is 0.237 e. The molecule has 3 rings (SSSR count). The molecule has 0 aliphatic heterocycles. The van der Waals surface area contributed by atoms with Gasteiger partial charge in [0.15, 0.2) is 4.34 Å². The van der Waals surface area contributed by atoms with Gasteiger partial charge in [0, 0.05) is 5.69 Å². The van der Waals surface area contributed by atoms with Crippen LogP contribution in [-0.4, -0.2) is 21.4 Å². The van der Waals surface area contributed by atoms with Gasteiger partial charge in [-0.05, 0) is 49.4 Å². The molecule has 0 spiro atoms. The predicted octanol–water partition coefficient (Wildman–Crippen LogP) is 3.15. The first kappa shape index (κ1) is 13.6. The summed E-state index contributed by atoms with van der Waals surface area (Å²) in [5.41, 5.74) is 5.35. The van der Waals surface area contributed by atoms with Crippen molar-refractivity contribution in [1.82, 2.24) is 10.2 Å². The molecule has 0 saturated heterocycles. The number of thioether (sulfide) groups is 1. The summed E-state index contributed by atoms with van der Waals surface area (Å²) in [4.78, 5) is 12.2. The van der Waals surface area contributed by atoms with Gasteiger partial charge in [0.05, 0.1) is 5.25 Å². The molecule has 1 atom stereocenters. The van der Waals surface area contributed by atoms with E-state index in [0.717, 1.165) is 22.9 Å². The molecule has 104 valence electrons. The number of hydrogen-bond donors (Lipinski definition) is 1. The molecule has 20 heavy (non-hydrogen) atoms. The van der Waals surface area contributed by atoms with Crippen molar-refractivity contribution in [3.8, 4) is 0 Å². The van der Waals surface area contributed by atoms with Gasteiger partial charge >= 0.3 is 0 Å². The zero-order valence-corrected chi connectivity index (χ0v) is 12.8. The first-order valence-corrected chi connectivity index (χ1v) is 8.34. The monoisotopic (exact) mass is 305 g/mol. The summed E-state index contributed by atoms with van der Waals surface area (Å²) in [6.07, 6.45) is 3.50. The fraction of sp³-hybridized carbons (Fsp3) is 0.357. The lowest BCUT2D eigenvalue weighted by atomic mass is 10.1. The molecule has 1 aliphatic rings. The molecule has 1 aliphatic carbocycles. The Labute approximate surface area is 126 Å². The summed E-state index contributed by atoms with van der Waals surface area (Å²) in [6.45, 7) is 1.88. The van der Waals surface area contributed by atoms with E-state index in [0.29, 0.717) is 0 Å². The SMILES string of the molecule is C[C@H](Sc1nncs1)C(=O)Nc1ccc2c(c1)CCC2. The maximum atomic E-state index is 12.2. The highest BCUT2D eigenvalue weighted by molar-refractivity contribution is 8.02. The number of nitrogens with zero attached hydrogens (tertiary/aromatic N) is 2. The number of benzene rings is 1. The van der Waals surface area contributed by atoms with Gasteiger partial charge in [-0.15, -0.1) is 10.2 Å². The number of nitrogens with one attached hydrogen (secondary N) is 1. The Bertz CT molecular complexity index is 613. The Morgan fingerprint density at radius 2 is 2.25 bits per heavy atom. The molecule has 1 aromatic heterocycles. The van der Waals surface area contributed by atoms with Crippen LogP contribution in [0, 0.1) is 0 Å². The Kier molecular flexibility index (Phi) is 4.03. The van der Waals surface area contributed by atoms with Crippen LogP contribution in [0.5, 0.6) is 0 Å². The first-order valence-electron chi connectivity index (χ1n) is 6.58. The van der Waals surface area contributed by atoms with E-state index in [2.05, 4.69) is 27.6 Å². The molecular formula is C14H15N3OS2. The second-order valence-electron chi connectivity index (χ2n) is 4.79. The van der Waals surface area contributed by atoms with Crippen LogP contribution in [0.25, 0.3) is 0 Å². The molecule has 1 heterocycles. The lowest BCUT2D eigenvalue weighted by molar-refractivity contribution is -0.115. The molecular weight excluding hydrogens is 290 g/mol. The highest BCUT2D eigenvalue weighted by Crippen LogP contribution is 2.27. The molecule has 4 nitrogen and oxygen atoms in total. The number of aromatic nitrogens is 2. The average molecular weight is 305 g/mol. The zero-order valence-electron chi connectivity index (χ0n) is 11.1. The van der Waals surface area contributed by atoms with Crippen molar-refractivity contribution in [2.45, 2.75) is 35.8 Å². The Morgan fingerprint density at radius 3 is 3.05 bits per heavy atom. The molecule has 0 radical (unpaired) electrons. The quantitative estimate of drug-likeness (QED) is 0.882. The number of fused-ring (bicyclic) bond motifs is 1. The number of amides is 1. The molecule has 1 N–H and O–H groups in total. The fourth-order valence-corrected chi connectivity index (χ4v) is 3.94. The van der Waals surface area contributed by atoms with Gasteiger partial charge in [0.25, 0.3) is 0 Å². The lowest BCUT2D eigenvalue weighted by Gasteiger charge is -2.11. The molecule has 0 unspecified atom stereocenters. The number of aryl methyl sites for hydroxylation is 2. The first-order chi connectivity index (χ1) is 9.72. The third-order valence-electron chi connectivity index (χ3n) is 3.35. The molecule has 0 bridgehead atoms. The normalized spacial score (nSPS) is 14.8. The molecule has 1 aromatic carbocycles. The van der Waals surface area contributed by atoms with Crippen LogP contribution in [0.4, 0.5) is 5.69 Å². The predicted molar refractivity (Wildman–Crippen MR) is 82.3 cm³/mol. The highest BCUT2D eigenvalue weighted by Gasteiger charge is 2.17. The topological polar surface area (TPSA) is 54.9 Å². The average Bonchev–Trinajstić information content (AvgIpc) is 3.08. The van der Waals surface area contributed by atoms with E-state index in [1.807, 2.05) is 13.0 Å². The standard InChI is InChI=1S/C14H15N3OS2/c1-9(20-14-17-15-8-19-14)13(18)16-12-6-5-10-3-2-4-11(10)7-12/h5-9H,2-4H2,1H3,(H,16,18)/t9-/m0/s1. The van der Waals surface area contributed by atoms with Crippen molar-refractivity contribution in [1.29, 1.82) is 0 Å². The van der Waals surface area contributed by atoms with Gasteiger partial charge in [0.2, 0.25) is 5.91 Å². The second-order valence-corrected chi connectivity index (χ2v) is 7.21. The van der Waals surface area contributed by atoms with Crippen LogP contribution < -0.4 is 5.32 Å². The summed E-state index contributed by atoms with van der Waals surface area (Å²) in [5, 5.41) is 10.5. The van der Waals surface area contributed by atoms with Gasteiger partial charge in [-0.3, -0.25) is 4.79 Å². The molecule has 0 saturated carbocycles. The Balaban J connectivity index is 1.63. The van der Waals surface area contributed by atoms with Crippen molar-refractivity contribution in [2.75, 3.05) is 5.32 Å². The van der Waals surface area contributed by atoms with E-state index in [9.17, 15) is 4.79 Å². The van der Waals surface area contributed by atoms with Crippen LogP contribution in [0.3, 0.4) is 0 Å². The zero-order chi connectivity index (χ0) is 13.9. The molecule has 6 heteroatoms. The number of rotatable bonds is 4. The Morgan fingerprint density at radius 1 is 1.40 bits per heavy atom. The minimum absolute atomic E-state index is 0.00291. The van der Waals surface area contributed by atoms with Gasteiger partial charge in [-0.25, -0.2) is 0 Å². The van der Waals surface area contributed by atoms with E-state index in [1.165, 1.54) is 40.6 Å². The number of hydrogen-bond acceptors (Lipinski definition) is 5. The van der Waals surface area contributed by atoms with E-state index in [-0.39, 0.29) is 11.2 Å². The van der Waals surface area contributed by atoms with E-state index < -0.39 is 0 Å². The summed E-state index contributed by atoms with van der Waals surface area (Å²) >= 11 is 2.89. The Hall–Kier alpha value is -1.40. The van der Waals surface area contributed by atoms with E-state index in [4.69, 9.17) is 0 Å². The van der Waals surface area contributed by atoms with Crippen molar-refractivity contribution in [3.05, 3.63) is 34.8 Å². The van der Waals surface area contributed by atoms with Gasteiger partial charge in [0.1, 0.15) is 5.51 Å². The van der Waals surface area contributed by atoms with Crippen molar-refractivity contribution in [3.63, 3.8) is 0 Å².